The second-order valence-corrected chi connectivity index (χ2v) is 7.08. The van der Waals surface area contributed by atoms with Gasteiger partial charge in [-0.2, -0.15) is 0 Å². The van der Waals surface area contributed by atoms with E-state index in [0.29, 0.717) is 16.4 Å². The average molecular weight is 356 g/mol. The molecule has 4 heteroatoms. The Bertz CT molecular complexity index is 580. The fourth-order valence-corrected chi connectivity index (χ4v) is 3.71. The molecule has 0 saturated heterocycles. The van der Waals surface area contributed by atoms with E-state index in [0.717, 1.165) is 17.0 Å². The number of rotatable bonds is 5. The standard InChI is InChI=1S/C16H19BrFNS/c1-4-19-16(10(2)3)15-8-7-14(20-15)11-5-6-12(17)13(18)9-11/h5-10,16,19H,4H2,1-3H3. The Hall–Kier alpha value is -0.710. The molecule has 0 aliphatic rings. The van der Waals surface area contributed by atoms with Crippen molar-refractivity contribution in [3.05, 3.63) is 45.5 Å². The molecule has 0 aliphatic heterocycles. The number of hydrogen-bond acceptors (Lipinski definition) is 2. The SMILES string of the molecule is CCNC(c1ccc(-c2ccc(Br)c(F)c2)s1)C(C)C. The minimum absolute atomic E-state index is 0.218. The van der Waals surface area contributed by atoms with Gasteiger partial charge in [0.15, 0.2) is 0 Å². The molecule has 2 rings (SSSR count). The summed E-state index contributed by atoms with van der Waals surface area (Å²) < 4.78 is 14.1. The minimum Gasteiger partial charge on any atom is -0.309 e. The first-order valence-corrected chi connectivity index (χ1v) is 8.42. The molecule has 0 aliphatic carbocycles. The van der Waals surface area contributed by atoms with E-state index in [-0.39, 0.29) is 5.82 Å². The number of nitrogens with one attached hydrogen (secondary N) is 1. The van der Waals surface area contributed by atoms with Crippen LogP contribution in [0, 0.1) is 11.7 Å². The van der Waals surface area contributed by atoms with Gasteiger partial charge in [-0.05, 0) is 58.2 Å². The summed E-state index contributed by atoms with van der Waals surface area (Å²) >= 11 is 4.92. The maximum absolute atomic E-state index is 13.6. The molecule has 0 bridgehead atoms. The zero-order valence-corrected chi connectivity index (χ0v) is 14.3. The van der Waals surface area contributed by atoms with Gasteiger partial charge in [0.1, 0.15) is 5.82 Å². The van der Waals surface area contributed by atoms with Crippen LogP contribution >= 0.6 is 27.3 Å². The highest BCUT2D eigenvalue weighted by Crippen LogP contribution is 2.35. The van der Waals surface area contributed by atoms with Crippen LogP contribution in [-0.4, -0.2) is 6.54 Å². The van der Waals surface area contributed by atoms with Gasteiger partial charge in [-0.15, -0.1) is 11.3 Å². The van der Waals surface area contributed by atoms with Gasteiger partial charge >= 0.3 is 0 Å². The first-order chi connectivity index (χ1) is 9.52. The van der Waals surface area contributed by atoms with E-state index in [2.05, 4.69) is 54.2 Å². The predicted molar refractivity (Wildman–Crippen MR) is 88.7 cm³/mol. The van der Waals surface area contributed by atoms with Crippen molar-refractivity contribution >= 4 is 27.3 Å². The fourth-order valence-electron chi connectivity index (χ4n) is 2.21. The molecule has 1 unspecified atom stereocenters. The highest BCUT2D eigenvalue weighted by atomic mass is 79.9. The van der Waals surface area contributed by atoms with E-state index in [1.807, 2.05) is 6.07 Å². The van der Waals surface area contributed by atoms with E-state index in [1.54, 1.807) is 23.5 Å². The van der Waals surface area contributed by atoms with E-state index in [9.17, 15) is 4.39 Å². The van der Waals surface area contributed by atoms with Gasteiger partial charge in [0.2, 0.25) is 0 Å². The highest BCUT2D eigenvalue weighted by molar-refractivity contribution is 9.10. The van der Waals surface area contributed by atoms with Gasteiger partial charge in [0, 0.05) is 15.8 Å². The van der Waals surface area contributed by atoms with E-state index in [1.165, 1.54) is 4.88 Å². The second-order valence-electron chi connectivity index (χ2n) is 5.11. The van der Waals surface area contributed by atoms with Gasteiger partial charge in [-0.25, -0.2) is 4.39 Å². The molecule has 1 atom stereocenters. The van der Waals surface area contributed by atoms with Crippen molar-refractivity contribution in [3.63, 3.8) is 0 Å². The Balaban J connectivity index is 2.29. The van der Waals surface area contributed by atoms with E-state index < -0.39 is 0 Å². The molecule has 1 heterocycles. The van der Waals surface area contributed by atoms with Crippen LogP contribution in [0.5, 0.6) is 0 Å². The van der Waals surface area contributed by atoms with Gasteiger partial charge in [-0.1, -0.05) is 26.8 Å². The van der Waals surface area contributed by atoms with Crippen LogP contribution in [0.4, 0.5) is 4.39 Å². The lowest BCUT2D eigenvalue weighted by atomic mass is 10.0. The molecular weight excluding hydrogens is 337 g/mol. The van der Waals surface area contributed by atoms with Crippen LogP contribution in [-0.2, 0) is 0 Å². The van der Waals surface area contributed by atoms with Crippen molar-refractivity contribution < 1.29 is 4.39 Å². The zero-order valence-electron chi connectivity index (χ0n) is 11.9. The molecule has 1 nitrogen and oxygen atoms in total. The van der Waals surface area contributed by atoms with Crippen LogP contribution < -0.4 is 5.32 Å². The monoisotopic (exact) mass is 355 g/mol. The smallest absolute Gasteiger partial charge is 0.138 e. The van der Waals surface area contributed by atoms with Gasteiger partial charge in [-0.3, -0.25) is 0 Å². The summed E-state index contributed by atoms with van der Waals surface area (Å²) in [5, 5.41) is 3.51. The Morgan fingerprint density at radius 1 is 1.25 bits per heavy atom. The fraction of sp³-hybridized carbons (Fsp3) is 0.375. The Labute approximate surface area is 132 Å². The lowest BCUT2D eigenvalue weighted by molar-refractivity contribution is 0.428. The molecule has 0 saturated carbocycles. The average Bonchev–Trinajstić information content (AvgIpc) is 2.88. The van der Waals surface area contributed by atoms with Crippen molar-refractivity contribution in [3.8, 4) is 10.4 Å². The molecular formula is C16H19BrFNS. The first-order valence-electron chi connectivity index (χ1n) is 6.81. The molecule has 0 radical (unpaired) electrons. The Kier molecular flexibility index (Phi) is 5.35. The van der Waals surface area contributed by atoms with Crippen LogP contribution in [0.2, 0.25) is 0 Å². The van der Waals surface area contributed by atoms with Crippen molar-refractivity contribution in [2.24, 2.45) is 5.92 Å². The topological polar surface area (TPSA) is 12.0 Å². The lowest BCUT2D eigenvalue weighted by Crippen LogP contribution is -2.24. The molecule has 1 aromatic heterocycles. The van der Waals surface area contributed by atoms with E-state index in [4.69, 9.17) is 0 Å². The largest absolute Gasteiger partial charge is 0.309 e. The molecule has 0 fully saturated rings. The number of halogens is 2. The maximum Gasteiger partial charge on any atom is 0.138 e. The summed E-state index contributed by atoms with van der Waals surface area (Å²) in [5.41, 5.74) is 0.931. The zero-order chi connectivity index (χ0) is 14.7. The van der Waals surface area contributed by atoms with Crippen LogP contribution in [0.25, 0.3) is 10.4 Å². The summed E-state index contributed by atoms with van der Waals surface area (Å²) in [5.74, 6) is 0.313. The number of hydrogen-bond donors (Lipinski definition) is 1. The van der Waals surface area contributed by atoms with E-state index >= 15 is 0 Å². The van der Waals surface area contributed by atoms with Crippen LogP contribution in [0.1, 0.15) is 31.7 Å². The Morgan fingerprint density at radius 2 is 2.00 bits per heavy atom. The normalized spacial score (nSPS) is 12.9. The molecule has 1 aromatic carbocycles. The van der Waals surface area contributed by atoms with Crippen molar-refractivity contribution in [1.82, 2.24) is 5.32 Å². The van der Waals surface area contributed by atoms with Crippen molar-refractivity contribution in [2.75, 3.05) is 6.54 Å². The highest BCUT2D eigenvalue weighted by Gasteiger charge is 2.17. The van der Waals surface area contributed by atoms with Crippen LogP contribution in [0.15, 0.2) is 34.8 Å². The second kappa shape index (κ2) is 6.83. The molecule has 2 aromatic rings. The summed E-state index contributed by atoms with van der Waals surface area (Å²) in [6, 6.07) is 9.87. The van der Waals surface area contributed by atoms with Crippen molar-refractivity contribution in [1.29, 1.82) is 0 Å². The minimum atomic E-state index is -0.218. The number of thiophene rings is 1. The van der Waals surface area contributed by atoms with Gasteiger partial charge in [0.25, 0.3) is 0 Å². The quantitative estimate of drug-likeness (QED) is 0.733. The van der Waals surface area contributed by atoms with Gasteiger partial charge < -0.3 is 5.32 Å². The molecule has 108 valence electrons. The Morgan fingerprint density at radius 3 is 2.60 bits per heavy atom. The third-order valence-corrected chi connectivity index (χ3v) is 5.09. The molecule has 1 N–H and O–H groups in total. The van der Waals surface area contributed by atoms with Gasteiger partial charge in [0.05, 0.1) is 4.47 Å². The molecule has 0 spiro atoms. The summed E-state index contributed by atoms with van der Waals surface area (Å²) in [4.78, 5) is 2.41. The summed E-state index contributed by atoms with van der Waals surface area (Å²) in [6.45, 7) is 7.50. The third-order valence-electron chi connectivity index (χ3n) is 3.23. The lowest BCUT2D eigenvalue weighted by Gasteiger charge is -2.20. The maximum atomic E-state index is 13.6. The number of benzene rings is 1. The third kappa shape index (κ3) is 3.48. The summed E-state index contributed by atoms with van der Waals surface area (Å²) in [7, 11) is 0. The summed E-state index contributed by atoms with van der Waals surface area (Å²) in [6.07, 6.45) is 0. The first kappa shape index (κ1) is 15.7. The van der Waals surface area contributed by atoms with Crippen LogP contribution in [0.3, 0.4) is 0 Å². The molecule has 0 amide bonds. The van der Waals surface area contributed by atoms with Crippen molar-refractivity contribution in [2.45, 2.75) is 26.8 Å². The molecule has 20 heavy (non-hydrogen) atoms. The predicted octanol–water partition coefficient (Wildman–Crippen LogP) is 5.62.